The van der Waals surface area contributed by atoms with E-state index < -0.39 is 10.0 Å². The Balaban J connectivity index is 2.34. The molecular formula is C14H21BrN2O3S. The second kappa shape index (κ2) is 7.19. The summed E-state index contributed by atoms with van der Waals surface area (Å²) in [7, 11) is -3.51. The third-order valence-electron chi connectivity index (χ3n) is 3.47. The zero-order valence-electron chi connectivity index (χ0n) is 12.3. The molecule has 0 bridgehead atoms. The van der Waals surface area contributed by atoms with Crippen molar-refractivity contribution in [3.8, 4) is 0 Å². The molecule has 1 aliphatic rings. The van der Waals surface area contributed by atoms with Crippen molar-refractivity contribution < 1.29 is 13.2 Å². The number of nitrogens with zero attached hydrogens (tertiary/aromatic N) is 1. The first-order chi connectivity index (χ1) is 9.96. The number of ether oxygens (including phenoxy) is 1. The van der Waals surface area contributed by atoms with E-state index in [0.717, 1.165) is 12.1 Å². The number of halogens is 1. The Bertz CT molecular complexity index is 592. The summed E-state index contributed by atoms with van der Waals surface area (Å²) in [5.74, 6) is 0. The summed E-state index contributed by atoms with van der Waals surface area (Å²) < 4.78 is 33.2. The van der Waals surface area contributed by atoms with Gasteiger partial charge in [-0.05, 0) is 47.1 Å². The minimum absolute atomic E-state index is 0.145. The molecule has 0 amide bonds. The summed E-state index contributed by atoms with van der Waals surface area (Å²) in [5, 5.41) is 3.21. The molecule has 1 saturated heterocycles. The van der Waals surface area contributed by atoms with Crippen LogP contribution in [0.2, 0.25) is 0 Å². The number of hydrogen-bond donors (Lipinski definition) is 1. The molecule has 7 heteroatoms. The van der Waals surface area contributed by atoms with E-state index in [4.69, 9.17) is 4.74 Å². The Labute approximate surface area is 134 Å². The molecule has 0 saturated carbocycles. The first kappa shape index (κ1) is 16.9. The average Bonchev–Trinajstić information content (AvgIpc) is 2.46. The number of nitrogens with one attached hydrogen (secondary N) is 1. The normalized spacial score (nSPS) is 20.6. The topological polar surface area (TPSA) is 58.6 Å². The van der Waals surface area contributed by atoms with Crippen LogP contribution in [0.15, 0.2) is 27.6 Å². The number of morpholine rings is 1. The monoisotopic (exact) mass is 376 g/mol. The predicted octanol–water partition coefficient (Wildman–Crippen LogP) is 1.97. The molecule has 0 spiro atoms. The fourth-order valence-electron chi connectivity index (χ4n) is 2.32. The summed E-state index contributed by atoms with van der Waals surface area (Å²) in [5.41, 5.74) is 0.958. The van der Waals surface area contributed by atoms with Crippen molar-refractivity contribution in [2.75, 3.05) is 26.3 Å². The standard InChI is InChI=1S/C14H21BrN2O3S/c1-3-16-9-12-4-5-13(15)14(8-12)21(18,19)17-6-7-20-10-11(17)2/h4-5,8,11,16H,3,6-7,9-10H2,1-2H3. The van der Waals surface area contributed by atoms with Gasteiger partial charge in [0.2, 0.25) is 10.0 Å². The molecule has 1 aliphatic heterocycles. The summed E-state index contributed by atoms with van der Waals surface area (Å²) in [4.78, 5) is 0.326. The average molecular weight is 377 g/mol. The number of rotatable bonds is 5. The van der Waals surface area contributed by atoms with Gasteiger partial charge >= 0.3 is 0 Å². The lowest BCUT2D eigenvalue weighted by atomic mass is 10.2. The van der Waals surface area contributed by atoms with E-state index in [-0.39, 0.29) is 6.04 Å². The molecule has 1 N–H and O–H groups in total. The van der Waals surface area contributed by atoms with Gasteiger partial charge in [-0.2, -0.15) is 4.31 Å². The Hall–Kier alpha value is -0.470. The van der Waals surface area contributed by atoms with Crippen molar-refractivity contribution in [3.63, 3.8) is 0 Å². The van der Waals surface area contributed by atoms with E-state index in [1.54, 1.807) is 12.1 Å². The van der Waals surface area contributed by atoms with Crippen molar-refractivity contribution in [1.29, 1.82) is 0 Å². The van der Waals surface area contributed by atoms with Crippen LogP contribution in [0.25, 0.3) is 0 Å². The van der Waals surface area contributed by atoms with Crippen molar-refractivity contribution in [2.45, 2.75) is 31.3 Å². The van der Waals surface area contributed by atoms with Gasteiger partial charge in [-0.25, -0.2) is 8.42 Å². The lowest BCUT2D eigenvalue weighted by molar-refractivity contribution is 0.0392. The first-order valence-electron chi connectivity index (χ1n) is 7.05. The number of sulfonamides is 1. The summed E-state index contributed by atoms with van der Waals surface area (Å²) >= 11 is 3.36. The largest absolute Gasteiger partial charge is 0.378 e. The minimum Gasteiger partial charge on any atom is -0.378 e. The molecule has 1 aromatic rings. The molecule has 1 fully saturated rings. The first-order valence-corrected chi connectivity index (χ1v) is 9.29. The van der Waals surface area contributed by atoms with Gasteiger partial charge in [0, 0.05) is 23.6 Å². The van der Waals surface area contributed by atoms with Crippen molar-refractivity contribution in [2.24, 2.45) is 0 Å². The third-order valence-corrected chi connectivity index (χ3v) is 6.48. The molecule has 1 unspecified atom stereocenters. The van der Waals surface area contributed by atoms with Gasteiger partial charge in [0.25, 0.3) is 0 Å². The Morgan fingerprint density at radius 2 is 2.24 bits per heavy atom. The van der Waals surface area contributed by atoms with Crippen LogP contribution in [-0.4, -0.2) is 45.1 Å². The van der Waals surface area contributed by atoms with Crippen LogP contribution in [0.5, 0.6) is 0 Å². The molecular weight excluding hydrogens is 356 g/mol. The number of hydrogen-bond acceptors (Lipinski definition) is 4. The van der Waals surface area contributed by atoms with Crippen LogP contribution in [0.4, 0.5) is 0 Å². The lowest BCUT2D eigenvalue weighted by Crippen LogP contribution is -2.47. The fraction of sp³-hybridized carbons (Fsp3) is 0.571. The van der Waals surface area contributed by atoms with Gasteiger partial charge in [-0.1, -0.05) is 13.0 Å². The van der Waals surface area contributed by atoms with Crippen LogP contribution in [-0.2, 0) is 21.3 Å². The smallest absolute Gasteiger partial charge is 0.244 e. The van der Waals surface area contributed by atoms with Crippen molar-refractivity contribution in [1.82, 2.24) is 9.62 Å². The van der Waals surface area contributed by atoms with Crippen molar-refractivity contribution in [3.05, 3.63) is 28.2 Å². The van der Waals surface area contributed by atoms with Crippen LogP contribution < -0.4 is 5.32 Å². The minimum atomic E-state index is -3.51. The number of benzene rings is 1. The van der Waals surface area contributed by atoms with Gasteiger partial charge in [0.1, 0.15) is 0 Å². The molecule has 1 heterocycles. The van der Waals surface area contributed by atoms with Crippen LogP contribution in [0, 0.1) is 0 Å². The summed E-state index contributed by atoms with van der Waals surface area (Å²) in [6.07, 6.45) is 0. The highest BCUT2D eigenvalue weighted by atomic mass is 79.9. The molecule has 118 valence electrons. The van der Waals surface area contributed by atoms with Gasteiger partial charge in [0.15, 0.2) is 0 Å². The molecule has 2 rings (SSSR count). The van der Waals surface area contributed by atoms with Gasteiger partial charge < -0.3 is 10.1 Å². The fourth-order valence-corrected chi connectivity index (χ4v) is 4.90. The van der Waals surface area contributed by atoms with E-state index >= 15 is 0 Å². The summed E-state index contributed by atoms with van der Waals surface area (Å²) in [6.45, 7) is 6.67. The van der Waals surface area contributed by atoms with Crippen LogP contribution in [0.3, 0.4) is 0 Å². The highest BCUT2D eigenvalue weighted by molar-refractivity contribution is 9.10. The molecule has 1 aromatic carbocycles. The third kappa shape index (κ3) is 3.84. The van der Waals surface area contributed by atoms with Crippen LogP contribution >= 0.6 is 15.9 Å². The lowest BCUT2D eigenvalue weighted by Gasteiger charge is -2.32. The van der Waals surface area contributed by atoms with Gasteiger partial charge in [-0.3, -0.25) is 0 Å². The Kier molecular flexibility index (Phi) is 5.79. The molecule has 5 nitrogen and oxygen atoms in total. The second-order valence-electron chi connectivity index (χ2n) is 5.08. The summed E-state index contributed by atoms with van der Waals surface area (Å²) in [6, 6.07) is 5.32. The van der Waals surface area contributed by atoms with Crippen LogP contribution in [0.1, 0.15) is 19.4 Å². The van der Waals surface area contributed by atoms with Gasteiger partial charge in [0.05, 0.1) is 18.1 Å². The highest BCUT2D eigenvalue weighted by Gasteiger charge is 2.32. The van der Waals surface area contributed by atoms with Crippen molar-refractivity contribution >= 4 is 26.0 Å². The molecule has 1 atom stereocenters. The SMILES string of the molecule is CCNCc1ccc(Br)c(S(=O)(=O)N2CCOCC2C)c1. The molecule has 21 heavy (non-hydrogen) atoms. The molecule has 0 aliphatic carbocycles. The quantitative estimate of drug-likeness (QED) is 0.853. The van der Waals surface area contributed by atoms with E-state index in [9.17, 15) is 8.42 Å². The Morgan fingerprint density at radius 1 is 1.48 bits per heavy atom. The maximum atomic E-state index is 12.9. The zero-order chi connectivity index (χ0) is 15.5. The van der Waals surface area contributed by atoms with Gasteiger partial charge in [-0.15, -0.1) is 0 Å². The highest BCUT2D eigenvalue weighted by Crippen LogP contribution is 2.28. The van der Waals surface area contributed by atoms with E-state index in [1.807, 2.05) is 19.9 Å². The molecule has 0 radical (unpaired) electrons. The zero-order valence-corrected chi connectivity index (χ0v) is 14.7. The van der Waals surface area contributed by atoms with E-state index in [2.05, 4.69) is 21.2 Å². The maximum absolute atomic E-state index is 12.9. The predicted molar refractivity (Wildman–Crippen MR) is 85.7 cm³/mol. The molecule has 0 aromatic heterocycles. The Morgan fingerprint density at radius 3 is 2.90 bits per heavy atom. The maximum Gasteiger partial charge on any atom is 0.244 e. The second-order valence-corrected chi connectivity index (χ2v) is 7.80. The van der Waals surface area contributed by atoms with E-state index in [0.29, 0.717) is 35.7 Å². The van der Waals surface area contributed by atoms with E-state index in [1.165, 1.54) is 4.31 Å².